The van der Waals surface area contributed by atoms with E-state index in [-0.39, 0.29) is 17.6 Å². The molecule has 2 rings (SSSR count). The molecule has 1 aliphatic rings. The van der Waals surface area contributed by atoms with Crippen LogP contribution >= 0.6 is 0 Å². The van der Waals surface area contributed by atoms with Crippen molar-refractivity contribution in [3.63, 3.8) is 0 Å². The van der Waals surface area contributed by atoms with Gasteiger partial charge < -0.3 is 9.84 Å². The van der Waals surface area contributed by atoms with Gasteiger partial charge in [0.15, 0.2) is 0 Å². The Morgan fingerprint density at radius 2 is 2.26 bits per heavy atom. The zero-order valence-corrected chi connectivity index (χ0v) is 10.0. The van der Waals surface area contributed by atoms with E-state index in [4.69, 9.17) is 9.84 Å². The fraction of sp³-hybridized carbons (Fsp3) is 0.455. The van der Waals surface area contributed by atoms with E-state index in [1.165, 1.54) is 13.1 Å². The number of aromatic nitrogens is 2. The highest BCUT2D eigenvalue weighted by atomic mass is 19.3. The summed E-state index contributed by atoms with van der Waals surface area (Å²) >= 11 is 0. The molecule has 2 atom stereocenters. The number of nitrogens with zero attached hydrogens (tertiary/aromatic N) is 1. The molecule has 1 saturated heterocycles. The van der Waals surface area contributed by atoms with Crippen LogP contribution in [-0.2, 0) is 4.74 Å². The van der Waals surface area contributed by atoms with Crippen molar-refractivity contribution < 1.29 is 18.6 Å². The summed E-state index contributed by atoms with van der Waals surface area (Å²) in [6.45, 7) is 0.889. The first-order valence-corrected chi connectivity index (χ1v) is 5.56. The van der Waals surface area contributed by atoms with E-state index in [1.807, 2.05) is 0 Å². The van der Waals surface area contributed by atoms with Gasteiger partial charge in [-0.2, -0.15) is 8.78 Å². The number of halogens is 2. The fourth-order valence-corrected chi connectivity index (χ4v) is 1.96. The molecule has 6 nitrogen and oxygen atoms in total. The fourth-order valence-electron chi connectivity index (χ4n) is 1.96. The maximum absolute atomic E-state index is 12.7. The van der Waals surface area contributed by atoms with Crippen molar-refractivity contribution in [1.82, 2.24) is 9.55 Å². The first-order valence-electron chi connectivity index (χ1n) is 5.56. The number of aryl methyl sites for hydroxylation is 1. The molecule has 0 spiro atoms. The molecule has 19 heavy (non-hydrogen) atoms. The first-order chi connectivity index (χ1) is 8.93. The van der Waals surface area contributed by atoms with Crippen LogP contribution in [0.1, 0.15) is 18.2 Å². The highest BCUT2D eigenvalue weighted by Crippen LogP contribution is 2.34. The van der Waals surface area contributed by atoms with E-state index in [2.05, 4.69) is 4.98 Å². The zero-order chi connectivity index (χ0) is 14.2. The number of ether oxygens (including phenoxy) is 1. The van der Waals surface area contributed by atoms with E-state index in [0.717, 1.165) is 4.57 Å². The van der Waals surface area contributed by atoms with Crippen LogP contribution in [0.2, 0.25) is 0 Å². The molecule has 2 heterocycles. The van der Waals surface area contributed by atoms with Crippen LogP contribution in [0, 0.1) is 6.92 Å². The molecule has 1 fully saturated rings. The molecule has 0 saturated carbocycles. The summed E-state index contributed by atoms with van der Waals surface area (Å²) in [7, 11) is 0. The van der Waals surface area contributed by atoms with Gasteiger partial charge in [-0.25, -0.2) is 4.79 Å². The Morgan fingerprint density at radius 3 is 2.79 bits per heavy atom. The number of rotatable bonds is 2. The molecule has 0 aromatic carbocycles. The number of aliphatic hydroxyl groups is 1. The number of aromatic amines is 1. The number of hydrogen-bond donors (Lipinski definition) is 2. The van der Waals surface area contributed by atoms with Gasteiger partial charge in [0, 0.05) is 23.8 Å². The third-order valence-electron chi connectivity index (χ3n) is 2.97. The van der Waals surface area contributed by atoms with Gasteiger partial charge in [0.05, 0.1) is 6.61 Å². The van der Waals surface area contributed by atoms with Crippen molar-refractivity contribution in [2.75, 3.05) is 6.61 Å². The van der Waals surface area contributed by atoms with Crippen molar-refractivity contribution in [3.8, 4) is 0 Å². The van der Waals surface area contributed by atoms with Crippen LogP contribution in [0.5, 0.6) is 0 Å². The number of nitrogens with one attached hydrogen (secondary N) is 1. The Kier molecular flexibility index (Phi) is 3.63. The van der Waals surface area contributed by atoms with Gasteiger partial charge in [-0.15, -0.1) is 0 Å². The van der Waals surface area contributed by atoms with Crippen LogP contribution in [0.3, 0.4) is 0 Å². The standard InChI is InChI=1S/C11H12F2N2O4/c1-5-3-15(11(18)14-10(5)17)8-2-6(9(12)13)7(4-16)19-8/h3,7-8,16H,2,4H2,1H3,(H,14,17,18)/t7-,8-/m1/s1. The van der Waals surface area contributed by atoms with Crippen molar-refractivity contribution in [1.29, 1.82) is 0 Å². The Hall–Kier alpha value is -1.80. The van der Waals surface area contributed by atoms with E-state index in [0.29, 0.717) is 0 Å². The number of hydrogen-bond acceptors (Lipinski definition) is 4. The van der Waals surface area contributed by atoms with E-state index < -0.39 is 36.3 Å². The monoisotopic (exact) mass is 274 g/mol. The molecular weight excluding hydrogens is 262 g/mol. The maximum Gasteiger partial charge on any atom is 0.330 e. The molecular formula is C11H12F2N2O4. The lowest BCUT2D eigenvalue weighted by Gasteiger charge is -2.14. The van der Waals surface area contributed by atoms with Crippen LogP contribution in [0.25, 0.3) is 0 Å². The van der Waals surface area contributed by atoms with Crippen LogP contribution in [0.4, 0.5) is 8.78 Å². The highest BCUT2D eigenvalue weighted by molar-refractivity contribution is 5.15. The minimum Gasteiger partial charge on any atom is -0.393 e. The van der Waals surface area contributed by atoms with Gasteiger partial charge in [0.25, 0.3) is 11.6 Å². The summed E-state index contributed by atoms with van der Waals surface area (Å²) in [5.74, 6) is 0. The Bertz CT molecular complexity index is 630. The molecule has 1 aromatic heterocycles. The van der Waals surface area contributed by atoms with Crippen molar-refractivity contribution in [3.05, 3.63) is 44.3 Å². The molecule has 0 amide bonds. The summed E-state index contributed by atoms with van der Waals surface area (Å²) in [4.78, 5) is 24.9. The van der Waals surface area contributed by atoms with E-state index >= 15 is 0 Å². The second-order valence-electron chi connectivity index (χ2n) is 4.23. The predicted octanol–water partition coefficient (Wildman–Crippen LogP) is 0.275. The minimum absolute atomic E-state index is 0.209. The summed E-state index contributed by atoms with van der Waals surface area (Å²) in [5, 5.41) is 8.98. The Labute approximate surface area is 106 Å². The summed E-state index contributed by atoms with van der Waals surface area (Å²) < 4.78 is 31.5. The number of aliphatic hydroxyl groups excluding tert-OH is 1. The molecule has 104 valence electrons. The molecule has 8 heteroatoms. The summed E-state index contributed by atoms with van der Waals surface area (Å²) in [6.07, 6.45) is -2.97. The molecule has 0 aliphatic carbocycles. The molecule has 1 aliphatic heterocycles. The SMILES string of the molecule is Cc1cn([C@H]2CC(=C(F)F)[C@@H](CO)O2)c(=O)[nH]c1=O. The quantitative estimate of drug-likeness (QED) is 0.811. The second kappa shape index (κ2) is 5.06. The lowest BCUT2D eigenvalue weighted by Crippen LogP contribution is -2.33. The topological polar surface area (TPSA) is 84.3 Å². The average molecular weight is 274 g/mol. The summed E-state index contributed by atoms with van der Waals surface area (Å²) in [6, 6.07) is 0. The van der Waals surface area contributed by atoms with Crippen molar-refractivity contribution in [2.45, 2.75) is 25.7 Å². The average Bonchev–Trinajstić information content (AvgIpc) is 2.77. The van der Waals surface area contributed by atoms with Gasteiger partial charge >= 0.3 is 5.69 Å². The highest BCUT2D eigenvalue weighted by Gasteiger charge is 2.34. The largest absolute Gasteiger partial charge is 0.393 e. The van der Waals surface area contributed by atoms with Gasteiger partial charge in [0.1, 0.15) is 12.3 Å². The molecule has 1 aromatic rings. The van der Waals surface area contributed by atoms with Crippen molar-refractivity contribution in [2.24, 2.45) is 0 Å². The molecule has 2 N–H and O–H groups in total. The normalized spacial score (nSPS) is 22.8. The summed E-state index contributed by atoms with van der Waals surface area (Å²) in [5.41, 5.74) is -1.34. The van der Waals surface area contributed by atoms with Crippen LogP contribution in [0.15, 0.2) is 27.4 Å². The van der Waals surface area contributed by atoms with Gasteiger partial charge in [-0.05, 0) is 6.92 Å². The predicted molar refractivity (Wildman–Crippen MR) is 60.9 cm³/mol. The van der Waals surface area contributed by atoms with Gasteiger partial charge in [0.2, 0.25) is 0 Å². The van der Waals surface area contributed by atoms with E-state index in [9.17, 15) is 18.4 Å². The molecule has 0 unspecified atom stereocenters. The van der Waals surface area contributed by atoms with E-state index in [1.54, 1.807) is 0 Å². The lowest BCUT2D eigenvalue weighted by atomic mass is 10.1. The second-order valence-corrected chi connectivity index (χ2v) is 4.23. The van der Waals surface area contributed by atoms with Crippen LogP contribution in [-0.4, -0.2) is 27.4 Å². The Balaban J connectivity index is 2.41. The van der Waals surface area contributed by atoms with Gasteiger partial charge in [-0.3, -0.25) is 14.3 Å². The molecule has 0 radical (unpaired) electrons. The third kappa shape index (κ3) is 2.49. The number of H-pyrrole nitrogens is 1. The first kappa shape index (κ1) is 13.6. The smallest absolute Gasteiger partial charge is 0.330 e. The van der Waals surface area contributed by atoms with Crippen molar-refractivity contribution >= 4 is 0 Å². The van der Waals surface area contributed by atoms with Crippen LogP contribution < -0.4 is 11.2 Å². The molecule has 0 bridgehead atoms. The minimum atomic E-state index is -1.92. The maximum atomic E-state index is 12.7. The zero-order valence-electron chi connectivity index (χ0n) is 10.0. The van der Waals surface area contributed by atoms with Gasteiger partial charge in [-0.1, -0.05) is 0 Å². The third-order valence-corrected chi connectivity index (χ3v) is 2.97. The lowest BCUT2D eigenvalue weighted by molar-refractivity contribution is -0.0195. The Morgan fingerprint density at radius 1 is 1.58 bits per heavy atom.